The van der Waals surface area contributed by atoms with Crippen molar-refractivity contribution in [1.82, 2.24) is 5.32 Å². The molecule has 112 valence electrons. The zero-order valence-electron chi connectivity index (χ0n) is 11.6. The Labute approximate surface area is 122 Å². The molecule has 20 heavy (non-hydrogen) atoms. The van der Waals surface area contributed by atoms with Gasteiger partial charge in [0.15, 0.2) is 0 Å². The van der Waals surface area contributed by atoms with E-state index in [0.717, 1.165) is 13.0 Å². The first-order valence-corrected chi connectivity index (χ1v) is 6.73. The van der Waals surface area contributed by atoms with Gasteiger partial charge in [0.1, 0.15) is 18.0 Å². The van der Waals surface area contributed by atoms with Crippen molar-refractivity contribution >= 4 is 17.3 Å². The molecule has 6 nitrogen and oxygen atoms in total. The van der Waals surface area contributed by atoms with Crippen molar-refractivity contribution in [2.24, 2.45) is 0 Å². The van der Waals surface area contributed by atoms with Crippen LogP contribution in [0.1, 0.15) is 20.3 Å². The average molecular weight is 303 g/mol. The molecule has 0 spiro atoms. The van der Waals surface area contributed by atoms with Crippen LogP contribution in [-0.2, 0) is 0 Å². The third-order valence-electron chi connectivity index (χ3n) is 2.60. The van der Waals surface area contributed by atoms with Crippen LogP contribution in [0.4, 0.5) is 5.69 Å². The van der Waals surface area contributed by atoms with Crippen LogP contribution in [0.5, 0.6) is 5.75 Å². The van der Waals surface area contributed by atoms with Crippen molar-refractivity contribution in [2.45, 2.75) is 25.9 Å². The highest BCUT2D eigenvalue weighted by Gasteiger charge is 2.21. The number of nitro benzene ring substituents is 1. The van der Waals surface area contributed by atoms with Crippen LogP contribution in [-0.4, -0.2) is 35.3 Å². The highest BCUT2D eigenvalue weighted by atomic mass is 35.5. The van der Waals surface area contributed by atoms with Gasteiger partial charge < -0.3 is 15.2 Å². The number of aliphatic hydroxyl groups is 1. The van der Waals surface area contributed by atoms with Gasteiger partial charge in [-0.1, -0.05) is 18.5 Å². The normalized spacial score (nSPS) is 13.8. The fraction of sp³-hybridized carbons (Fsp3) is 0.538. The first kappa shape index (κ1) is 16.7. The monoisotopic (exact) mass is 302 g/mol. The number of benzene rings is 1. The van der Waals surface area contributed by atoms with Gasteiger partial charge in [-0.3, -0.25) is 10.1 Å². The van der Waals surface area contributed by atoms with Crippen molar-refractivity contribution < 1.29 is 14.8 Å². The number of hydrogen-bond acceptors (Lipinski definition) is 5. The second-order valence-corrected chi connectivity index (χ2v) is 5.24. The van der Waals surface area contributed by atoms with Crippen LogP contribution in [0.15, 0.2) is 18.2 Å². The smallest absolute Gasteiger partial charge is 0.271 e. The van der Waals surface area contributed by atoms with Gasteiger partial charge in [0.05, 0.1) is 9.95 Å². The average Bonchev–Trinajstić information content (AvgIpc) is 2.37. The fourth-order valence-corrected chi connectivity index (χ4v) is 1.77. The molecule has 1 aromatic rings. The first-order chi connectivity index (χ1) is 9.35. The highest BCUT2D eigenvalue weighted by Crippen LogP contribution is 2.29. The van der Waals surface area contributed by atoms with Crippen LogP contribution < -0.4 is 10.1 Å². The molecule has 0 radical (unpaired) electrons. The predicted octanol–water partition coefficient (Wildman–Crippen LogP) is 2.38. The molecule has 0 aliphatic carbocycles. The Hall–Kier alpha value is -1.37. The molecule has 0 aromatic heterocycles. The molecule has 1 rings (SSSR count). The minimum Gasteiger partial charge on any atom is -0.489 e. The number of nitrogens with zero attached hydrogens (tertiary/aromatic N) is 1. The molecular formula is C13H19ClN2O4. The van der Waals surface area contributed by atoms with E-state index >= 15 is 0 Å². The summed E-state index contributed by atoms with van der Waals surface area (Å²) in [6.07, 6.45) is 0.977. The van der Waals surface area contributed by atoms with Gasteiger partial charge in [0.2, 0.25) is 0 Å². The van der Waals surface area contributed by atoms with Crippen LogP contribution in [0.2, 0.25) is 5.02 Å². The fourth-order valence-electron chi connectivity index (χ4n) is 1.54. The molecule has 0 aliphatic rings. The molecule has 0 saturated carbocycles. The van der Waals surface area contributed by atoms with Gasteiger partial charge >= 0.3 is 0 Å². The Morgan fingerprint density at radius 3 is 2.80 bits per heavy atom. The maximum atomic E-state index is 10.6. The SMILES string of the molecule is CCCNCC(C)(O)COc1ccc([N+](=O)[O-])cc1Cl. The lowest BCUT2D eigenvalue weighted by Crippen LogP contribution is -2.43. The van der Waals surface area contributed by atoms with Crippen LogP contribution in [0.3, 0.4) is 0 Å². The van der Waals surface area contributed by atoms with E-state index in [0.29, 0.717) is 12.3 Å². The number of non-ortho nitro benzene ring substituents is 1. The number of halogens is 1. The lowest BCUT2D eigenvalue weighted by Gasteiger charge is -2.24. The molecule has 0 fully saturated rings. The van der Waals surface area contributed by atoms with E-state index in [-0.39, 0.29) is 17.3 Å². The molecule has 1 atom stereocenters. The molecule has 0 heterocycles. The van der Waals surface area contributed by atoms with E-state index in [1.165, 1.54) is 18.2 Å². The molecule has 7 heteroatoms. The molecule has 0 aliphatic heterocycles. The second-order valence-electron chi connectivity index (χ2n) is 4.83. The summed E-state index contributed by atoms with van der Waals surface area (Å²) in [6.45, 7) is 4.94. The Kier molecular flexibility index (Phi) is 6.19. The van der Waals surface area contributed by atoms with E-state index in [9.17, 15) is 15.2 Å². The lowest BCUT2D eigenvalue weighted by atomic mass is 10.1. The number of nitro groups is 1. The summed E-state index contributed by atoms with van der Waals surface area (Å²) in [4.78, 5) is 10.1. The minimum absolute atomic E-state index is 0.0429. The van der Waals surface area contributed by atoms with Crippen molar-refractivity contribution in [1.29, 1.82) is 0 Å². The minimum atomic E-state index is -1.04. The third-order valence-corrected chi connectivity index (χ3v) is 2.89. The van der Waals surface area contributed by atoms with Gasteiger partial charge in [-0.25, -0.2) is 0 Å². The second kappa shape index (κ2) is 7.42. The van der Waals surface area contributed by atoms with Crippen LogP contribution in [0, 0.1) is 10.1 Å². The van der Waals surface area contributed by atoms with Crippen LogP contribution >= 0.6 is 11.6 Å². The molecule has 0 saturated heterocycles. The third kappa shape index (κ3) is 5.32. The summed E-state index contributed by atoms with van der Waals surface area (Å²) >= 11 is 5.90. The molecule has 1 aromatic carbocycles. The standard InChI is InChI=1S/C13H19ClN2O4/c1-3-6-15-8-13(2,17)9-20-12-5-4-10(16(18)19)7-11(12)14/h4-5,7,15,17H,3,6,8-9H2,1-2H3. The summed E-state index contributed by atoms with van der Waals surface area (Å²) in [7, 11) is 0. The summed E-state index contributed by atoms with van der Waals surface area (Å²) in [5.41, 5.74) is -1.14. The maximum Gasteiger partial charge on any atom is 0.271 e. The Morgan fingerprint density at radius 2 is 2.25 bits per heavy atom. The lowest BCUT2D eigenvalue weighted by molar-refractivity contribution is -0.384. The Morgan fingerprint density at radius 1 is 1.55 bits per heavy atom. The van der Waals surface area contributed by atoms with E-state index in [1.54, 1.807) is 6.92 Å². The largest absolute Gasteiger partial charge is 0.489 e. The molecular weight excluding hydrogens is 284 g/mol. The van der Waals surface area contributed by atoms with Gasteiger partial charge in [-0.2, -0.15) is 0 Å². The predicted molar refractivity (Wildman–Crippen MR) is 77.4 cm³/mol. The van der Waals surface area contributed by atoms with Crippen molar-refractivity contribution in [3.8, 4) is 5.75 Å². The summed E-state index contributed by atoms with van der Waals surface area (Å²) in [5.74, 6) is 0.313. The summed E-state index contributed by atoms with van der Waals surface area (Å²) in [6, 6.07) is 3.96. The Balaban J connectivity index is 2.58. The van der Waals surface area contributed by atoms with Crippen molar-refractivity contribution in [2.75, 3.05) is 19.7 Å². The summed E-state index contributed by atoms with van der Waals surface area (Å²) in [5, 5.41) is 23.9. The van der Waals surface area contributed by atoms with E-state index in [2.05, 4.69) is 5.32 Å². The van der Waals surface area contributed by atoms with Crippen molar-refractivity contribution in [3.63, 3.8) is 0 Å². The van der Waals surface area contributed by atoms with Crippen molar-refractivity contribution in [3.05, 3.63) is 33.3 Å². The van der Waals surface area contributed by atoms with Gasteiger partial charge in [0.25, 0.3) is 5.69 Å². The molecule has 0 bridgehead atoms. The topological polar surface area (TPSA) is 84.6 Å². The van der Waals surface area contributed by atoms with Gasteiger partial charge in [-0.05, 0) is 26.0 Å². The highest BCUT2D eigenvalue weighted by molar-refractivity contribution is 6.32. The van der Waals surface area contributed by atoms with Gasteiger partial charge in [0, 0.05) is 18.7 Å². The zero-order chi connectivity index (χ0) is 15.2. The number of ether oxygens (including phenoxy) is 1. The molecule has 0 amide bonds. The Bertz CT molecular complexity index is 466. The summed E-state index contributed by atoms with van der Waals surface area (Å²) < 4.78 is 5.42. The molecule has 2 N–H and O–H groups in total. The maximum absolute atomic E-state index is 10.6. The van der Waals surface area contributed by atoms with E-state index in [1.807, 2.05) is 6.92 Å². The number of hydrogen-bond donors (Lipinski definition) is 2. The zero-order valence-corrected chi connectivity index (χ0v) is 12.3. The van der Waals surface area contributed by atoms with E-state index in [4.69, 9.17) is 16.3 Å². The molecule has 1 unspecified atom stereocenters. The van der Waals surface area contributed by atoms with Crippen LogP contribution in [0.25, 0.3) is 0 Å². The quantitative estimate of drug-likeness (QED) is 0.437. The van der Waals surface area contributed by atoms with E-state index < -0.39 is 10.5 Å². The van der Waals surface area contributed by atoms with Gasteiger partial charge in [-0.15, -0.1) is 0 Å². The first-order valence-electron chi connectivity index (χ1n) is 6.35. The number of rotatable bonds is 8. The number of nitrogens with one attached hydrogen (secondary N) is 1.